The van der Waals surface area contributed by atoms with Crippen LogP contribution in [0.1, 0.15) is 91.9 Å². The molecule has 4 aliphatic carbocycles. The Bertz CT molecular complexity index is 1020. The molecule has 4 saturated carbocycles. The fourth-order valence-corrected chi connectivity index (χ4v) is 10.8. The summed E-state index contributed by atoms with van der Waals surface area (Å²) in [5, 5.41) is 15.8. The van der Waals surface area contributed by atoms with E-state index in [1.54, 1.807) is 0 Å². The number of ether oxygens (including phenoxy) is 1. The number of para-hydroxylation sites is 1. The summed E-state index contributed by atoms with van der Waals surface area (Å²) >= 11 is 0. The third-order valence-corrected chi connectivity index (χ3v) is 12.9. The lowest BCUT2D eigenvalue weighted by molar-refractivity contribution is -0.118. The third kappa shape index (κ3) is 4.84. The van der Waals surface area contributed by atoms with Crippen LogP contribution in [0.25, 0.3) is 0 Å². The number of hydrogen-bond acceptors (Lipinski definition) is 3. The molecule has 1 saturated heterocycles. The molecular formula is C34H52N2O3. The molecule has 1 heterocycles. The van der Waals surface area contributed by atoms with Gasteiger partial charge in [0.15, 0.2) is 0 Å². The Balaban J connectivity index is 1.09. The SMILES string of the molecule is CC(CO)CC[C@H]1O[C@H]2CC3[C@@H]4CC[C@@H]5C[C@@H](NC(=O)Nc6ccccc6)CC[C@]5(C)C4CC[C@]3(C)C2C1C. The van der Waals surface area contributed by atoms with Crippen molar-refractivity contribution in [2.75, 3.05) is 11.9 Å². The van der Waals surface area contributed by atoms with Gasteiger partial charge in [-0.05, 0) is 129 Å². The molecule has 5 heteroatoms. The second-order valence-electron chi connectivity index (χ2n) is 14.8. The van der Waals surface area contributed by atoms with Crippen molar-refractivity contribution in [2.45, 2.75) is 110 Å². The van der Waals surface area contributed by atoms with Gasteiger partial charge in [0.1, 0.15) is 0 Å². The second kappa shape index (κ2) is 10.7. The van der Waals surface area contributed by atoms with Crippen LogP contribution in [-0.4, -0.2) is 36.0 Å². The molecular weight excluding hydrogens is 484 g/mol. The molecule has 1 aromatic rings. The van der Waals surface area contributed by atoms with Crippen molar-refractivity contribution in [2.24, 2.45) is 52.3 Å². The summed E-state index contributed by atoms with van der Waals surface area (Å²) in [6, 6.07) is 9.98. The molecule has 5 fully saturated rings. The Morgan fingerprint density at radius 3 is 2.59 bits per heavy atom. The topological polar surface area (TPSA) is 70.6 Å². The van der Waals surface area contributed by atoms with Crippen LogP contribution < -0.4 is 10.6 Å². The highest BCUT2D eigenvalue weighted by atomic mass is 16.5. The number of aliphatic hydroxyl groups is 1. The van der Waals surface area contributed by atoms with Crippen LogP contribution in [0.2, 0.25) is 0 Å². The lowest BCUT2D eigenvalue weighted by atomic mass is 9.44. The maximum Gasteiger partial charge on any atom is 0.319 e. The van der Waals surface area contributed by atoms with E-state index in [1.165, 1.54) is 38.5 Å². The van der Waals surface area contributed by atoms with Gasteiger partial charge in [-0.1, -0.05) is 45.9 Å². The summed E-state index contributed by atoms with van der Waals surface area (Å²) in [7, 11) is 0. The fourth-order valence-electron chi connectivity index (χ4n) is 10.8. The smallest absolute Gasteiger partial charge is 0.319 e. The van der Waals surface area contributed by atoms with E-state index in [4.69, 9.17) is 4.74 Å². The number of carbonyl (C=O) groups excluding carboxylic acids is 1. The van der Waals surface area contributed by atoms with Gasteiger partial charge in [0.05, 0.1) is 12.2 Å². The molecule has 1 aromatic carbocycles. The highest BCUT2D eigenvalue weighted by Crippen LogP contribution is 2.70. The van der Waals surface area contributed by atoms with Gasteiger partial charge in [-0.2, -0.15) is 0 Å². The molecule has 5 unspecified atom stereocenters. The predicted octanol–water partition coefficient (Wildman–Crippen LogP) is 7.26. The number of hydrogen-bond donors (Lipinski definition) is 3. The standard InChI is InChI=1S/C34H52N2O3/c1-21(20-37)10-13-29-22(2)31-30(39-29)19-28-26-12-11-23-18-25(36-32(38)35-24-8-6-5-7-9-24)14-16-33(23,3)27(26)15-17-34(28,31)4/h5-9,21-23,25-31,37H,10-20H2,1-4H3,(H2,35,36,38)/t21?,22?,23-,25+,26-,27?,28?,29-,30+,31?,33+,34+/m1/s1. The molecule has 0 bridgehead atoms. The minimum atomic E-state index is -0.0624. The van der Waals surface area contributed by atoms with E-state index in [-0.39, 0.29) is 18.7 Å². The highest BCUT2D eigenvalue weighted by molar-refractivity contribution is 5.89. The normalized spacial score (nSPS) is 45.4. The van der Waals surface area contributed by atoms with Gasteiger partial charge < -0.3 is 20.5 Å². The summed E-state index contributed by atoms with van der Waals surface area (Å²) in [6.07, 6.45) is 13.1. The quantitative estimate of drug-likeness (QED) is 0.358. The van der Waals surface area contributed by atoms with Crippen LogP contribution in [0.4, 0.5) is 10.5 Å². The summed E-state index contributed by atoms with van der Waals surface area (Å²) < 4.78 is 6.83. The molecule has 0 radical (unpaired) electrons. The number of rotatable bonds is 6. The minimum Gasteiger partial charge on any atom is -0.396 e. The third-order valence-electron chi connectivity index (χ3n) is 12.9. The van der Waals surface area contributed by atoms with Gasteiger partial charge >= 0.3 is 6.03 Å². The molecule has 6 rings (SSSR count). The van der Waals surface area contributed by atoms with Crippen LogP contribution in [0.3, 0.4) is 0 Å². The van der Waals surface area contributed by atoms with E-state index >= 15 is 0 Å². The Labute approximate surface area is 236 Å². The zero-order chi connectivity index (χ0) is 27.4. The molecule has 12 atom stereocenters. The summed E-state index contributed by atoms with van der Waals surface area (Å²) in [4.78, 5) is 12.7. The maximum atomic E-state index is 12.7. The molecule has 39 heavy (non-hydrogen) atoms. The van der Waals surface area contributed by atoms with Gasteiger partial charge in [-0.25, -0.2) is 4.79 Å². The Morgan fingerprint density at radius 2 is 1.82 bits per heavy atom. The summed E-state index contributed by atoms with van der Waals surface area (Å²) in [6.45, 7) is 10.2. The van der Waals surface area contributed by atoms with Gasteiger partial charge in [0.25, 0.3) is 0 Å². The van der Waals surface area contributed by atoms with Crippen molar-refractivity contribution in [1.29, 1.82) is 0 Å². The van der Waals surface area contributed by atoms with E-state index in [1.807, 2.05) is 30.3 Å². The van der Waals surface area contributed by atoms with E-state index < -0.39 is 0 Å². The monoisotopic (exact) mass is 536 g/mol. The maximum absolute atomic E-state index is 12.7. The van der Waals surface area contributed by atoms with Gasteiger partial charge in [-0.3, -0.25) is 0 Å². The summed E-state index contributed by atoms with van der Waals surface area (Å²) in [5.74, 6) is 4.88. The molecule has 3 N–H and O–H groups in total. The zero-order valence-electron chi connectivity index (χ0n) is 24.7. The van der Waals surface area contributed by atoms with Gasteiger partial charge in [0, 0.05) is 18.3 Å². The average Bonchev–Trinajstić information content (AvgIpc) is 3.40. The molecule has 0 aromatic heterocycles. The molecule has 2 amide bonds. The largest absolute Gasteiger partial charge is 0.396 e. The number of anilines is 1. The van der Waals surface area contributed by atoms with Crippen molar-refractivity contribution in [1.82, 2.24) is 5.32 Å². The van der Waals surface area contributed by atoms with Crippen molar-refractivity contribution < 1.29 is 14.6 Å². The van der Waals surface area contributed by atoms with Crippen molar-refractivity contribution >= 4 is 11.7 Å². The van der Waals surface area contributed by atoms with Crippen LogP contribution in [0.5, 0.6) is 0 Å². The predicted molar refractivity (Wildman–Crippen MR) is 156 cm³/mol. The lowest BCUT2D eigenvalue weighted by Crippen LogP contribution is -2.56. The second-order valence-corrected chi connectivity index (χ2v) is 14.8. The Kier molecular flexibility index (Phi) is 7.54. The first-order valence-corrected chi connectivity index (χ1v) is 16.1. The van der Waals surface area contributed by atoms with Crippen LogP contribution in [0, 0.1) is 52.3 Å². The zero-order valence-corrected chi connectivity index (χ0v) is 24.7. The summed E-state index contributed by atoms with van der Waals surface area (Å²) in [5.41, 5.74) is 1.68. The average molecular weight is 537 g/mol. The van der Waals surface area contributed by atoms with E-state index in [0.29, 0.717) is 46.7 Å². The highest BCUT2D eigenvalue weighted by Gasteiger charge is 2.65. The van der Waals surface area contributed by atoms with Crippen LogP contribution in [-0.2, 0) is 4.74 Å². The first-order chi connectivity index (χ1) is 18.7. The molecule has 1 aliphatic heterocycles. The molecule has 216 valence electrons. The molecule has 5 nitrogen and oxygen atoms in total. The first-order valence-electron chi connectivity index (χ1n) is 16.1. The Hall–Kier alpha value is -1.59. The van der Waals surface area contributed by atoms with Gasteiger partial charge in [0.2, 0.25) is 0 Å². The Morgan fingerprint density at radius 1 is 1.05 bits per heavy atom. The lowest BCUT2D eigenvalue weighted by Gasteiger charge is -2.61. The molecule has 0 spiro atoms. The number of carbonyl (C=O) groups is 1. The number of fused-ring (bicyclic) bond motifs is 7. The minimum absolute atomic E-state index is 0.0624. The number of amides is 2. The van der Waals surface area contributed by atoms with E-state index in [9.17, 15) is 9.90 Å². The van der Waals surface area contributed by atoms with Crippen LogP contribution in [0.15, 0.2) is 30.3 Å². The number of benzene rings is 1. The van der Waals surface area contributed by atoms with Gasteiger partial charge in [-0.15, -0.1) is 0 Å². The first kappa shape index (κ1) is 27.6. The number of urea groups is 1. The van der Waals surface area contributed by atoms with Crippen molar-refractivity contribution in [3.05, 3.63) is 30.3 Å². The number of nitrogens with one attached hydrogen (secondary N) is 2. The van der Waals surface area contributed by atoms with E-state index in [2.05, 4.69) is 38.3 Å². The van der Waals surface area contributed by atoms with Crippen molar-refractivity contribution in [3.8, 4) is 0 Å². The van der Waals surface area contributed by atoms with E-state index in [0.717, 1.165) is 49.1 Å². The number of aliphatic hydroxyl groups excluding tert-OH is 1. The fraction of sp³-hybridized carbons (Fsp3) is 0.794. The molecule has 5 aliphatic rings. The van der Waals surface area contributed by atoms with Crippen LogP contribution >= 0.6 is 0 Å². The van der Waals surface area contributed by atoms with Crippen molar-refractivity contribution in [3.63, 3.8) is 0 Å².